The average molecular weight is 212 g/mol. The van der Waals surface area contributed by atoms with E-state index in [-0.39, 0.29) is 5.75 Å². The fourth-order valence-corrected chi connectivity index (χ4v) is 1.27. The lowest BCUT2D eigenvalue weighted by Crippen LogP contribution is -1.69. The lowest BCUT2D eigenvalue weighted by Gasteiger charge is -1.96. The van der Waals surface area contributed by atoms with Crippen LogP contribution in [0.5, 0.6) is 5.75 Å². The number of hydrogen-bond donors (Lipinski definition) is 1. The zero-order chi connectivity index (χ0) is 11.4. The number of aryl methyl sites for hydroxylation is 1. The van der Waals surface area contributed by atoms with E-state index >= 15 is 0 Å². The van der Waals surface area contributed by atoms with Crippen molar-refractivity contribution in [1.82, 2.24) is 0 Å². The number of phenolic OH excluding ortho intramolecular Hbond substituents is 1. The van der Waals surface area contributed by atoms with Gasteiger partial charge in [-0.25, -0.2) is 0 Å². The summed E-state index contributed by atoms with van der Waals surface area (Å²) < 4.78 is 0. The van der Waals surface area contributed by atoms with Crippen LogP contribution in [0.1, 0.15) is 5.56 Å². The van der Waals surface area contributed by atoms with Crippen LogP contribution in [-0.4, -0.2) is 5.11 Å². The van der Waals surface area contributed by atoms with Crippen LogP contribution in [0.3, 0.4) is 0 Å². The molecule has 16 heavy (non-hydrogen) atoms. The lowest BCUT2D eigenvalue weighted by molar-refractivity contribution is 0.476. The number of rotatable bonds is 2. The highest BCUT2D eigenvalue weighted by Gasteiger charge is 1.96. The van der Waals surface area contributed by atoms with E-state index in [4.69, 9.17) is 0 Å². The quantitative estimate of drug-likeness (QED) is 0.748. The lowest BCUT2D eigenvalue weighted by atomic mass is 10.2. The molecule has 0 heterocycles. The van der Waals surface area contributed by atoms with E-state index in [1.165, 1.54) is 5.56 Å². The van der Waals surface area contributed by atoms with Crippen LogP contribution in [0.25, 0.3) is 0 Å². The van der Waals surface area contributed by atoms with Crippen molar-refractivity contribution >= 4 is 11.4 Å². The van der Waals surface area contributed by atoms with Crippen LogP contribution in [0.2, 0.25) is 0 Å². The van der Waals surface area contributed by atoms with Crippen LogP contribution in [0.15, 0.2) is 58.8 Å². The zero-order valence-corrected chi connectivity index (χ0v) is 8.96. The summed E-state index contributed by atoms with van der Waals surface area (Å²) in [5, 5.41) is 17.5. The maximum absolute atomic E-state index is 9.48. The summed E-state index contributed by atoms with van der Waals surface area (Å²) in [5.41, 5.74) is 2.43. The van der Waals surface area contributed by atoms with Gasteiger partial charge in [0.1, 0.15) is 11.4 Å². The number of aromatic hydroxyl groups is 1. The molecule has 0 saturated carbocycles. The highest BCUT2D eigenvalue weighted by atomic mass is 16.3. The molecule has 3 heteroatoms. The molecule has 0 aliphatic carbocycles. The van der Waals surface area contributed by atoms with Crippen molar-refractivity contribution in [3.63, 3.8) is 0 Å². The summed E-state index contributed by atoms with van der Waals surface area (Å²) in [4.78, 5) is 0. The fraction of sp³-hybridized carbons (Fsp3) is 0.0769. The molecule has 1 N–H and O–H groups in total. The van der Waals surface area contributed by atoms with E-state index in [9.17, 15) is 5.11 Å². The van der Waals surface area contributed by atoms with Crippen LogP contribution in [0, 0.1) is 6.92 Å². The number of azo groups is 1. The number of benzene rings is 2. The van der Waals surface area contributed by atoms with E-state index in [1.807, 2.05) is 37.3 Å². The van der Waals surface area contributed by atoms with Crippen molar-refractivity contribution in [2.24, 2.45) is 10.2 Å². The molecule has 0 spiro atoms. The van der Waals surface area contributed by atoms with E-state index < -0.39 is 0 Å². The maximum Gasteiger partial charge on any atom is 0.143 e. The van der Waals surface area contributed by atoms with Gasteiger partial charge in [-0.3, -0.25) is 0 Å². The summed E-state index contributed by atoms with van der Waals surface area (Å²) in [5.74, 6) is 0.137. The predicted molar refractivity (Wildman–Crippen MR) is 63.5 cm³/mol. The first-order valence-electron chi connectivity index (χ1n) is 5.02. The van der Waals surface area contributed by atoms with Gasteiger partial charge in [0.05, 0.1) is 5.69 Å². The highest BCUT2D eigenvalue weighted by Crippen LogP contribution is 2.27. The minimum Gasteiger partial charge on any atom is -0.506 e. The molecule has 0 radical (unpaired) electrons. The number of hydrogen-bond acceptors (Lipinski definition) is 3. The molecule has 0 bridgehead atoms. The molecule has 2 aromatic rings. The first-order chi connectivity index (χ1) is 7.75. The third kappa shape index (κ3) is 2.45. The van der Waals surface area contributed by atoms with Gasteiger partial charge in [-0.05, 0) is 31.2 Å². The summed E-state index contributed by atoms with van der Waals surface area (Å²) in [6.07, 6.45) is 0. The zero-order valence-electron chi connectivity index (χ0n) is 8.96. The van der Waals surface area contributed by atoms with E-state index in [0.29, 0.717) is 5.69 Å². The first-order valence-corrected chi connectivity index (χ1v) is 5.02. The van der Waals surface area contributed by atoms with Gasteiger partial charge in [-0.1, -0.05) is 29.8 Å². The monoisotopic (exact) mass is 212 g/mol. The molecule has 0 amide bonds. The van der Waals surface area contributed by atoms with Crippen molar-refractivity contribution in [3.05, 3.63) is 54.1 Å². The Morgan fingerprint density at radius 2 is 1.56 bits per heavy atom. The Hall–Kier alpha value is -2.16. The molecule has 0 atom stereocenters. The minimum atomic E-state index is 0.137. The second-order valence-electron chi connectivity index (χ2n) is 3.52. The summed E-state index contributed by atoms with van der Waals surface area (Å²) in [7, 11) is 0. The van der Waals surface area contributed by atoms with Crippen LogP contribution in [0.4, 0.5) is 11.4 Å². The largest absolute Gasteiger partial charge is 0.506 e. The second kappa shape index (κ2) is 4.57. The van der Waals surface area contributed by atoms with Crippen molar-refractivity contribution in [1.29, 1.82) is 0 Å². The van der Waals surface area contributed by atoms with E-state index in [1.54, 1.807) is 18.2 Å². The molecule has 3 nitrogen and oxygen atoms in total. The molecule has 0 aromatic heterocycles. The normalized spacial score (nSPS) is 10.8. The van der Waals surface area contributed by atoms with Gasteiger partial charge >= 0.3 is 0 Å². The van der Waals surface area contributed by atoms with Crippen molar-refractivity contribution < 1.29 is 5.11 Å². The Labute approximate surface area is 94.1 Å². The first kappa shape index (κ1) is 10.4. The number of para-hydroxylation sites is 1. The summed E-state index contributed by atoms with van der Waals surface area (Å²) in [6.45, 7) is 2.02. The molecule has 0 fully saturated rings. The van der Waals surface area contributed by atoms with Crippen LogP contribution >= 0.6 is 0 Å². The topological polar surface area (TPSA) is 45.0 Å². The third-order valence-electron chi connectivity index (χ3n) is 2.19. The standard InChI is InChI=1S/C13H12N2O/c1-10-6-8-11(9-7-10)14-15-12-4-2-3-5-13(12)16/h2-9,16H,1H3/b15-14+. The van der Waals surface area contributed by atoms with Gasteiger partial charge < -0.3 is 5.11 Å². The second-order valence-corrected chi connectivity index (χ2v) is 3.52. The van der Waals surface area contributed by atoms with Crippen molar-refractivity contribution in [3.8, 4) is 5.75 Å². The molecule has 0 unspecified atom stereocenters. The fourth-order valence-electron chi connectivity index (χ4n) is 1.27. The number of phenols is 1. The van der Waals surface area contributed by atoms with Gasteiger partial charge in [0.2, 0.25) is 0 Å². The Kier molecular flexibility index (Phi) is 2.96. The van der Waals surface area contributed by atoms with Gasteiger partial charge in [-0.15, -0.1) is 5.11 Å². The number of nitrogens with zero attached hydrogens (tertiary/aromatic N) is 2. The Morgan fingerprint density at radius 3 is 2.25 bits per heavy atom. The Morgan fingerprint density at radius 1 is 0.875 bits per heavy atom. The van der Waals surface area contributed by atoms with Gasteiger partial charge in [0.25, 0.3) is 0 Å². The third-order valence-corrected chi connectivity index (χ3v) is 2.19. The van der Waals surface area contributed by atoms with Gasteiger partial charge in [0.15, 0.2) is 0 Å². The van der Waals surface area contributed by atoms with Crippen molar-refractivity contribution in [2.75, 3.05) is 0 Å². The minimum absolute atomic E-state index is 0.137. The molecule has 0 aliphatic rings. The van der Waals surface area contributed by atoms with Crippen LogP contribution < -0.4 is 0 Å². The molecule has 80 valence electrons. The van der Waals surface area contributed by atoms with Gasteiger partial charge in [-0.2, -0.15) is 5.11 Å². The SMILES string of the molecule is Cc1ccc(/N=N/c2ccccc2O)cc1. The predicted octanol–water partition coefficient (Wildman–Crippen LogP) is 4.12. The van der Waals surface area contributed by atoms with Crippen LogP contribution in [-0.2, 0) is 0 Å². The molecular weight excluding hydrogens is 200 g/mol. The maximum atomic E-state index is 9.48. The smallest absolute Gasteiger partial charge is 0.143 e. The highest BCUT2D eigenvalue weighted by molar-refractivity contribution is 5.50. The van der Waals surface area contributed by atoms with Crippen molar-refractivity contribution in [2.45, 2.75) is 6.92 Å². The van der Waals surface area contributed by atoms with E-state index in [0.717, 1.165) is 5.69 Å². The summed E-state index contributed by atoms with van der Waals surface area (Å²) in [6, 6.07) is 14.6. The molecular formula is C13H12N2O. The Balaban J connectivity index is 2.21. The molecule has 2 rings (SSSR count). The average Bonchev–Trinajstić information content (AvgIpc) is 2.30. The summed E-state index contributed by atoms with van der Waals surface area (Å²) >= 11 is 0. The Bertz CT molecular complexity index is 504. The van der Waals surface area contributed by atoms with E-state index in [2.05, 4.69) is 10.2 Å². The molecule has 2 aromatic carbocycles. The molecule has 0 aliphatic heterocycles. The van der Waals surface area contributed by atoms with Gasteiger partial charge in [0, 0.05) is 0 Å². The molecule has 0 saturated heterocycles.